The number of nitrogens with zero attached hydrogens (tertiary/aromatic N) is 1. The summed E-state index contributed by atoms with van der Waals surface area (Å²) in [5.74, 6) is 0.611. The Morgan fingerprint density at radius 2 is 1.17 bits per heavy atom. The summed E-state index contributed by atoms with van der Waals surface area (Å²) >= 11 is 0. The lowest BCUT2D eigenvalue weighted by atomic mass is 10.3. The fraction of sp³-hybridized carbons (Fsp3) is 0.0526. The monoisotopic (exact) mass is 339 g/mol. The molecule has 0 spiro atoms. The molecular formula is C19H17NO3S. The van der Waals surface area contributed by atoms with Gasteiger partial charge in [-0.05, 0) is 48.5 Å². The van der Waals surface area contributed by atoms with Gasteiger partial charge in [-0.25, -0.2) is 12.7 Å². The first-order chi connectivity index (χ1) is 11.6. The van der Waals surface area contributed by atoms with E-state index < -0.39 is 10.0 Å². The number of ether oxygens (including phenoxy) is 1. The highest BCUT2D eigenvalue weighted by Gasteiger charge is 2.26. The van der Waals surface area contributed by atoms with Crippen LogP contribution in [0.5, 0.6) is 5.75 Å². The fourth-order valence-electron chi connectivity index (χ4n) is 2.41. The second-order valence-corrected chi connectivity index (χ2v) is 6.90. The Kier molecular flexibility index (Phi) is 4.53. The average molecular weight is 339 g/mol. The van der Waals surface area contributed by atoms with Gasteiger partial charge < -0.3 is 4.74 Å². The molecule has 0 saturated carbocycles. The van der Waals surface area contributed by atoms with Gasteiger partial charge in [0.05, 0.1) is 23.4 Å². The van der Waals surface area contributed by atoms with Crippen LogP contribution < -0.4 is 9.04 Å². The topological polar surface area (TPSA) is 46.6 Å². The van der Waals surface area contributed by atoms with Gasteiger partial charge in [0, 0.05) is 0 Å². The molecule has 3 aromatic rings. The smallest absolute Gasteiger partial charge is 0.268 e. The Hall–Kier alpha value is -2.79. The number of hydrogen-bond acceptors (Lipinski definition) is 3. The molecule has 0 amide bonds. The summed E-state index contributed by atoms with van der Waals surface area (Å²) in [5, 5.41) is 0. The highest BCUT2D eigenvalue weighted by Crippen LogP contribution is 2.32. The first kappa shape index (κ1) is 16.1. The van der Waals surface area contributed by atoms with Crippen molar-refractivity contribution < 1.29 is 13.2 Å². The maximum atomic E-state index is 13.2. The Labute approximate surface area is 142 Å². The van der Waals surface area contributed by atoms with Crippen molar-refractivity contribution in [3.63, 3.8) is 0 Å². The third-order valence-corrected chi connectivity index (χ3v) is 5.35. The predicted molar refractivity (Wildman–Crippen MR) is 95.2 cm³/mol. The lowest BCUT2D eigenvalue weighted by Crippen LogP contribution is -2.26. The van der Waals surface area contributed by atoms with Crippen LogP contribution in [0.4, 0.5) is 11.4 Å². The summed E-state index contributed by atoms with van der Waals surface area (Å²) in [6.45, 7) is 0. The van der Waals surface area contributed by atoms with Gasteiger partial charge >= 0.3 is 0 Å². The lowest BCUT2D eigenvalue weighted by molar-refractivity contribution is 0.414. The summed E-state index contributed by atoms with van der Waals surface area (Å²) in [5.41, 5.74) is 1.17. The summed E-state index contributed by atoms with van der Waals surface area (Å²) in [6.07, 6.45) is 0. The Morgan fingerprint density at radius 1 is 0.708 bits per heavy atom. The molecule has 3 rings (SSSR count). The number of hydrogen-bond donors (Lipinski definition) is 0. The van der Waals surface area contributed by atoms with Crippen LogP contribution in [-0.2, 0) is 10.0 Å². The Morgan fingerprint density at radius 3 is 1.58 bits per heavy atom. The molecule has 122 valence electrons. The SMILES string of the molecule is COc1ccc(S(=O)(=O)N(c2ccccc2)c2ccccc2)cc1. The quantitative estimate of drug-likeness (QED) is 0.699. The number of benzene rings is 3. The minimum atomic E-state index is -3.75. The van der Waals surface area contributed by atoms with Crippen LogP contribution in [-0.4, -0.2) is 15.5 Å². The summed E-state index contributed by atoms with van der Waals surface area (Å²) < 4.78 is 32.9. The Balaban J connectivity index is 2.14. The normalized spacial score (nSPS) is 11.0. The van der Waals surface area contributed by atoms with Crippen molar-refractivity contribution >= 4 is 21.4 Å². The van der Waals surface area contributed by atoms with Gasteiger partial charge in [0.1, 0.15) is 5.75 Å². The molecule has 5 heteroatoms. The van der Waals surface area contributed by atoms with Gasteiger partial charge in [0.15, 0.2) is 0 Å². The van der Waals surface area contributed by atoms with E-state index >= 15 is 0 Å². The van der Waals surface area contributed by atoms with E-state index in [2.05, 4.69) is 0 Å². The third kappa shape index (κ3) is 3.12. The molecular weight excluding hydrogens is 322 g/mol. The lowest BCUT2D eigenvalue weighted by Gasteiger charge is -2.24. The van der Waals surface area contributed by atoms with Gasteiger partial charge in [0.2, 0.25) is 0 Å². The highest BCUT2D eigenvalue weighted by molar-refractivity contribution is 7.93. The third-order valence-electron chi connectivity index (χ3n) is 3.58. The number of anilines is 2. The molecule has 0 saturated heterocycles. The van der Waals surface area contributed by atoms with Crippen LogP contribution in [0, 0.1) is 0 Å². The zero-order chi connectivity index (χ0) is 17.0. The molecule has 0 N–H and O–H groups in total. The van der Waals surface area contributed by atoms with E-state index in [-0.39, 0.29) is 4.90 Å². The van der Waals surface area contributed by atoms with Gasteiger partial charge in [-0.1, -0.05) is 36.4 Å². The zero-order valence-electron chi connectivity index (χ0n) is 13.2. The van der Waals surface area contributed by atoms with Gasteiger partial charge in [-0.15, -0.1) is 0 Å². The number of sulfonamides is 1. The van der Waals surface area contributed by atoms with Crippen LogP contribution in [0.25, 0.3) is 0 Å². The molecule has 0 heterocycles. The minimum Gasteiger partial charge on any atom is -0.497 e. The van der Waals surface area contributed by atoms with E-state index in [1.807, 2.05) is 36.4 Å². The zero-order valence-corrected chi connectivity index (χ0v) is 14.0. The van der Waals surface area contributed by atoms with Gasteiger partial charge in [-0.3, -0.25) is 0 Å². The van der Waals surface area contributed by atoms with Crippen molar-refractivity contribution in [1.82, 2.24) is 0 Å². The molecule has 4 nitrogen and oxygen atoms in total. The van der Waals surface area contributed by atoms with E-state index in [0.717, 1.165) is 0 Å². The van der Waals surface area contributed by atoms with E-state index in [9.17, 15) is 8.42 Å². The second-order valence-electron chi connectivity index (χ2n) is 5.12. The molecule has 24 heavy (non-hydrogen) atoms. The van der Waals surface area contributed by atoms with Crippen molar-refractivity contribution in [2.75, 3.05) is 11.4 Å². The van der Waals surface area contributed by atoms with Gasteiger partial charge in [0.25, 0.3) is 10.0 Å². The standard InChI is InChI=1S/C19H17NO3S/c1-23-18-12-14-19(15-13-18)24(21,22)20(16-8-4-2-5-9-16)17-10-6-3-7-11-17/h2-15H,1H3. The maximum Gasteiger partial charge on any atom is 0.268 e. The summed E-state index contributed by atoms with van der Waals surface area (Å²) in [7, 11) is -2.21. The number of rotatable bonds is 5. The fourth-order valence-corrected chi connectivity index (χ4v) is 3.90. The number of para-hydroxylation sites is 2. The molecule has 0 radical (unpaired) electrons. The van der Waals surface area contributed by atoms with Crippen molar-refractivity contribution in [2.45, 2.75) is 4.90 Å². The molecule has 0 aliphatic heterocycles. The Bertz CT molecular complexity index is 853. The van der Waals surface area contributed by atoms with Crippen molar-refractivity contribution in [2.24, 2.45) is 0 Å². The first-order valence-corrected chi connectivity index (χ1v) is 8.86. The molecule has 0 fully saturated rings. The van der Waals surface area contributed by atoms with Crippen molar-refractivity contribution in [3.8, 4) is 5.75 Å². The summed E-state index contributed by atoms with van der Waals surface area (Å²) in [6, 6.07) is 24.4. The molecule has 0 atom stereocenters. The largest absolute Gasteiger partial charge is 0.497 e. The average Bonchev–Trinajstić information content (AvgIpc) is 2.63. The highest BCUT2D eigenvalue weighted by atomic mass is 32.2. The van der Waals surface area contributed by atoms with Crippen molar-refractivity contribution in [3.05, 3.63) is 84.9 Å². The molecule has 0 aromatic heterocycles. The molecule has 0 unspecified atom stereocenters. The van der Waals surface area contributed by atoms with Crippen LogP contribution >= 0.6 is 0 Å². The minimum absolute atomic E-state index is 0.205. The van der Waals surface area contributed by atoms with Crippen molar-refractivity contribution in [1.29, 1.82) is 0 Å². The predicted octanol–water partition coefficient (Wildman–Crippen LogP) is 4.22. The van der Waals surface area contributed by atoms with Gasteiger partial charge in [-0.2, -0.15) is 0 Å². The summed E-state index contributed by atoms with van der Waals surface area (Å²) in [4.78, 5) is 0.205. The molecule has 3 aromatic carbocycles. The van der Waals surface area contributed by atoms with Crippen LogP contribution in [0.15, 0.2) is 89.8 Å². The molecule has 0 bridgehead atoms. The maximum absolute atomic E-state index is 13.2. The van der Waals surface area contributed by atoms with E-state index in [1.165, 1.54) is 4.31 Å². The van der Waals surface area contributed by atoms with Crippen LogP contribution in [0.2, 0.25) is 0 Å². The second kappa shape index (κ2) is 6.76. The molecule has 0 aliphatic carbocycles. The van der Waals surface area contributed by atoms with E-state index in [0.29, 0.717) is 17.1 Å². The van der Waals surface area contributed by atoms with E-state index in [1.54, 1.807) is 55.6 Å². The van der Waals surface area contributed by atoms with Crippen LogP contribution in [0.3, 0.4) is 0 Å². The first-order valence-electron chi connectivity index (χ1n) is 7.42. The number of methoxy groups -OCH3 is 1. The molecule has 0 aliphatic rings. The van der Waals surface area contributed by atoms with Crippen LogP contribution in [0.1, 0.15) is 0 Å². The van der Waals surface area contributed by atoms with E-state index in [4.69, 9.17) is 4.74 Å².